The highest BCUT2D eigenvalue weighted by Gasteiger charge is 2.06. The minimum absolute atomic E-state index is 0.235. The monoisotopic (exact) mass is 318 g/mol. The number of anilines is 1. The van der Waals surface area contributed by atoms with Gasteiger partial charge in [-0.1, -0.05) is 22.9 Å². The van der Waals surface area contributed by atoms with Gasteiger partial charge in [0.15, 0.2) is 5.13 Å². The van der Waals surface area contributed by atoms with Crippen molar-refractivity contribution in [3.63, 3.8) is 0 Å². The van der Waals surface area contributed by atoms with Crippen molar-refractivity contribution in [2.75, 3.05) is 5.32 Å². The number of carbonyl (C=O) groups is 1. The number of carbonyl (C=O) groups excluding carboxylic acids is 1. The SMILES string of the molecule is Cn1nccc1C=CC(=O)Nc1nc2cc(Cl)ccc2s1. The van der Waals surface area contributed by atoms with Crippen LogP contribution in [0.3, 0.4) is 0 Å². The van der Waals surface area contributed by atoms with Crippen molar-refractivity contribution in [1.29, 1.82) is 0 Å². The molecule has 0 saturated carbocycles. The number of aryl methyl sites for hydroxylation is 1. The number of nitrogens with one attached hydrogen (secondary N) is 1. The largest absolute Gasteiger partial charge is 0.298 e. The lowest BCUT2D eigenvalue weighted by atomic mass is 10.3. The smallest absolute Gasteiger partial charge is 0.250 e. The van der Waals surface area contributed by atoms with Gasteiger partial charge in [0.1, 0.15) is 0 Å². The lowest BCUT2D eigenvalue weighted by Crippen LogP contribution is -2.07. The normalized spacial score (nSPS) is 11.3. The molecule has 0 aliphatic carbocycles. The summed E-state index contributed by atoms with van der Waals surface area (Å²) in [5.74, 6) is -0.235. The molecule has 0 unspecified atom stereocenters. The van der Waals surface area contributed by atoms with Gasteiger partial charge in [-0.05, 0) is 30.3 Å². The van der Waals surface area contributed by atoms with E-state index in [4.69, 9.17) is 11.6 Å². The molecule has 2 heterocycles. The zero-order valence-electron chi connectivity index (χ0n) is 11.1. The number of hydrogen-bond donors (Lipinski definition) is 1. The number of hydrogen-bond acceptors (Lipinski definition) is 4. The first-order valence-corrected chi connectivity index (χ1v) is 7.34. The average molecular weight is 319 g/mol. The molecule has 0 fully saturated rings. The Kier molecular flexibility index (Phi) is 3.72. The molecule has 1 amide bonds. The second kappa shape index (κ2) is 5.67. The Morgan fingerprint density at radius 2 is 2.29 bits per heavy atom. The number of fused-ring (bicyclic) bond motifs is 1. The molecule has 106 valence electrons. The highest BCUT2D eigenvalue weighted by molar-refractivity contribution is 7.22. The standard InChI is InChI=1S/C14H11ClN4OS/c1-19-10(6-7-16-19)3-5-13(20)18-14-17-11-8-9(15)2-4-12(11)21-14/h2-8H,1H3,(H,17,18,20). The van der Waals surface area contributed by atoms with Gasteiger partial charge in [0, 0.05) is 24.3 Å². The Morgan fingerprint density at radius 1 is 1.43 bits per heavy atom. The summed E-state index contributed by atoms with van der Waals surface area (Å²) < 4.78 is 2.66. The van der Waals surface area contributed by atoms with E-state index in [0.717, 1.165) is 15.9 Å². The molecule has 0 saturated heterocycles. The van der Waals surface area contributed by atoms with Gasteiger partial charge in [0.2, 0.25) is 5.91 Å². The molecule has 0 atom stereocenters. The third-order valence-corrected chi connectivity index (χ3v) is 4.03. The fourth-order valence-corrected chi connectivity index (χ4v) is 2.83. The van der Waals surface area contributed by atoms with Crippen molar-refractivity contribution in [3.8, 4) is 0 Å². The van der Waals surface area contributed by atoms with Crippen LogP contribution in [0.1, 0.15) is 5.69 Å². The molecular weight excluding hydrogens is 308 g/mol. The number of halogens is 1. The maximum atomic E-state index is 11.9. The van der Waals surface area contributed by atoms with Crippen LogP contribution in [0.15, 0.2) is 36.5 Å². The molecule has 0 aliphatic rings. The number of benzene rings is 1. The first-order valence-electron chi connectivity index (χ1n) is 6.15. The average Bonchev–Trinajstić information content (AvgIpc) is 3.01. The van der Waals surface area contributed by atoms with Crippen LogP contribution < -0.4 is 5.32 Å². The van der Waals surface area contributed by atoms with E-state index in [2.05, 4.69) is 15.4 Å². The van der Waals surface area contributed by atoms with Gasteiger partial charge < -0.3 is 0 Å². The summed E-state index contributed by atoms with van der Waals surface area (Å²) in [7, 11) is 1.81. The predicted molar refractivity (Wildman–Crippen MR) is 85.5 cm³/mol. The predicted octanol–water partition coefficient (Wildman–Crippen LogP) is 3.34. The minimum Gasteiger partial charge on any atom is -0.298 e. The summed E-state index contributed by atoms with van der Waals surface area (Å²) in [6.45, 7) is 0. The van der Waals surface area contributed by atoms with Gasteiger partial charge in [-0.15, -0.1) is 0 Å². The Balaban J connectivity index is 1.74. The lowest BCUT2D eigenvalue weighted by Gasteiger charge is -1.96. The molecule has 1 N–H and O–H groups in total. The first-order chi connectivity index (χ1) is 10.1. The molecule has 7 heteroatoms. The van der Waals surface area contributed by atoms with E-state index in [-0.39, 0.29) is 5.91 Å². The summed E-state index contributed by atoms with van der Waals surface area (Å²) in [6.07, 6.45) is 4.83. The summed E-state index contributed by atoms with van der Waals surface area (Å²) in [4.78, 5) is 16.2. The van der Waals surface area contributed by atoms with Crippen molar-refractivity contribution in [2.24, 2.45) is 7.05 Å². The Hall–Kier alpha value is -2.18. The van der Waals surface area contributed by atoms with Crippen LogP contribution in [0.5, 0.6) is 0 Å². The molecule has 5 nitrogen and oxygen atoms in total. The zero-order valence-corrected chi connectivity index (χ0v) is 12.6. The second-order valence-electron chi connectivity index (χ2n) is 4.33. The molecule has 0 aliphatic heterocycles. The lowest BCUT2D eigenvalue weighted by molar-refractivity contribution is -0.111. The third-order valence-electron chi connectivity index (χ3n) is 2.84. The van der Waals surface area contributed by atoms with E-state index in [9.17, 15) is 4.79 Å². The first kappa shape index (κ1) is 13.8. The van der Waals surface area contributed by atoms with Gasteiger partial charge in [0.25, 0.3) is 0 Å². The quantitative estimate of drug-likeness (QED) is 0.753. The van der Waals surface area contributed by atoms with E-state index in [1.165, 1.54) is 17.4 Å². The van der Waals surface area contributed by atoms with Crippen molar-refractivity contribution in [1.82, 2.24) is 14.8 Å². The Labute approximate surface area is 129 Å². The molecule has 3 aromatic rings. The number of aromatic nitrogens is 3. The van der Waals surface area contributed by atoms with Crippen molar-refractivity contribution in [2.45, 2.75) is 0 Å². The highest BCUT2D eigenvalue weighted by Crippen LogP contribution is 2.27. The van der Waals surface area contributed by atoms with E-state index in [0.29, 0.717) is 10.2 Å². The van der Waals surface area contributed by atoms with Crippen LogP contribution >= 0.6 is 22.9 Å². The van der Waals surface area contributed by atoms with Gasteiger partial charge >= 0.3 is 0 Å². The summed E-state index contributed by atoms with van der Waals surface area (Å²) in [5, 5.41) is 7.94. The fraction of sp³-hybridized carbons (Fsp3) is 0.0714. The Morgan fingerprint density at radius 3 is 3.05 bits per heavy atom. The van der Waals surface area contributed by atoms with Crippen LogP contribution in [0.2, 0.25) is 5.02 Å². The second-order valence-corrected chi connectivity index (χ2v) is 5.80. The maximum Gasteiger partial charge on any atom is 0.250 e. The minimum atomic E-state index is -0.235. The van der Waals surface area contributed by atoms with Crippen molar-refractivity contribution in [3.05, 3.63) is 47.3 Å². The van der Waals surface area contributed by atoms with E-state index >= 15 is 0 Å². The molecule has 0 spiro atoms. The van der Waals surface area contributed by atoms with Gasteiger partial charge in [0.05, 0.1) is 15.9 Å². The summed E-state index contributed by atoms with van der Waals surface area (Å²) in [6, 6.07) is 7.28. The third kappa shape index (κ3) is 3.12. The zero-order chi connectivity index (χ0) is 14.8. The molecule has 0 radical (unpaired) electrons. The van der Waals surface area contributed by atoms with E-state index < -0.39 is 0 Å². The van der Waals surface area contributed by atoms with Crippen molar-refractivity contribution >= 4 is 50.3 Å². The number of nitrogens with zero attached hydrogens (tertiary/aromatic N) is 3. The van der Waals surface area contributed by atoms with Crippen LogP contribution in [-0.4, -0.2) is 20.7 Å². The van der Waals surface area contributed by atoms with Crippen LogP contribution in [0.4, 0.5) is 5.13 Å². The van der Waals surface area contributed by atoms with Crippen LogP contribution in [-0.2, 0) is 11.8 Å². The maximum absolute atomic E-state index is 11.9. The van der Waals surface area contributed by atoms with Gasteiger partial charge in [-0.3, -0.25) is 14.8 Å². The summed E-state index contributed by atoms with van der Waals surface area (Å²) in [5.41, 5.74) is 1.62. The van der Waals surface area contributed by atoms with E-state index in [1.807, 2.05) is 19.2 Å². The van der Waals surface area contributed by atoms with Gasteiger partial charge in [-0.2, -0.15) is 5.10 Å². The van der Waals surface area contributed by atoms with Crippen molar-refractivity contribution < 1.29 is 4.79 Å². The molecular formula is C14H11ClN4OS. The number of thiazole rings is 1. The molecule has 0 bridgehead atoms. The molecule has 3 rings (SSSR count). The van der Waals surface area contributed by atoms with Gasteiger partial charge in [-0.25, -0.2) is 4.98 Å². The topological polar surface area (TPSA) is 59.8 Å². The molecule has 1 aromatic carbocycles. The molecule has 21 heavy (non-hydrogen) atoms. The van der Waals surface area contributed by atoms with Crippen LogP contribution in [0.25, 0.3) is 16.3 Å². The Bertz CT molecular complexity index is 836. The van der Waals surface area contributed by atoms with Crippen LogP contribution in [0, 0.1) is 0 Å². The number of rotatable bonds is 3. The van der Waals surface area contributed by atoms with E-state index in [1.54, 1.807) is 29.1 Å². The number of amides is 1. The summed E-state index contributed by atoms with van der Waals surface area (Å²) >= 11 is 7.32. The molecule has 2 aromatic heterocycles. The fourth-order valence-electron chi connectivity index (χ4n) is 1.81. The highest BCUT2D eigenvalue weighted by atomic mass is 35.5.